The molecule has 1 N–H and O–H groups in total. The molecule has 0 fully saturated rings. The van der Waals surface area contributed by atoms with Gasteiger partial charge in [-0.1, -0.05) is 23.9 Å². The highest BCUT2D eigenvalue weighted by molar-refractivity contribution is 7.99. The van der Waals surface area contributed by atoms with Crippen molar-refractivity contribution in [3.63, 3.8) is 0 Å². The van der Waals surface area contributed by atoms with Crippen LogP contribution in [0.4, 0.5) is 0 Å². The van der Waals surface area contributed by atoms with Gasteiger partial charge in [0.05, 0.1) is 5.56 Å². The Morgan fingerprint density at radius 2 is 2.28 bits per heavy atom. The Hall–Kier alpha value is -1.77. The van der Waals surface area contributed by atoms with Gasteiger partial charge in [-0.15, -0.1) is 11.3 Å². The predicted molar refractivity (Wildman–Crippen MR) is 71.3 cm³/mol. The molecule has 2 aromatic rings. The van der Waals surface area contributed by atoms with Crippen LogP contribution in [0.5, 0.6) is 0 Å². The molecule has 18 heavy (non-hydrogen) atoms. The number of carboxylic acid groups (broad SMARTS) is 1. The molecule has 0 aliphatic carbocycles. The van der Waals surface area contributed by atoms with Gasteiger partial charge in [0, 0.05) is 15.2 Å². The first kappa shape index (κ1) is 12.7. The summed E-state index contributed by atoms with van der Waals surface area (Å²) in [5, 5.41) is 19.7. The molecule has 0 saturated heterocycles. The Balaban J connectivity index is 2.34. The molecule has 0 aliphatic heterocycles. The minimum absolute atomic E-state index is 0.310. The molecule has 2 rings (SSSR count). The van der Waals surface area contributed by atoms with Crippen molar-refractivity contribution in [3.05, 3.63) is 45.6 Å². The summed E-state index contributed by atoms with van der Waals surface area (Å²) in [6, 6.07) is 9.33. The van der Waals surface area contributed by atoms with Crippen LogP contribution in [0.2, 0.25) is 0 Å². The maximum absolute atomic E-state index is 10.8. The molecule has 0 unspecified atom stereocenters. The number of nitrogens with zero attached hydrogens (tertiary/aromatic N) is 1. The zero-order valence-electron chi connectivity index (χ0n) is 9.51. The van der Waals surface area contributed by atoms with E-state index in [-0.39, 0.29) is 0 Å². The molecular formula is C13H9NO2S2. The third kappa shape index (κ3) is 2.55. The monoisotopic (exact) mass is 275 g/mol. The van der Waals surface area contributed by atoms with E-state index in [1.807, 2.05) is 19.1 Å². The summed E-state index contributed by atoms with van der Waals surface area (Å²) >= 11 is 2.62. The van der Waals surface area contributed by atoms with Crippen LogP contribution in [0.3, 0.4) is 0 Å². The average Bonchev–Trinajstić information content (AvgIpc) is 2.80. The molecule has 0 bridgehead atoms. The molecule has 1 heterocycles. The summed E-state index contributed by atoms with van der Waals surface area (Å²) in [5.41, 5.74) is 1.63. The second kappa shape index (κ2) is 5.25. The minimum atomic E-state index is -0.919. The van der Waals surface area contributed by atoms with Crippen LogP contribution >= 0.6 is 23.1 Å². The van der Waals surface area contributed by atoms with Gasteiger partial charge in [0.15, 0.2) is 0 Å². The lowest BCUT2D eigenvalue weighted by Gasteiger charge is -2.05. The van der Waals surface area contributed by atoms with Gasteiger partial charge in [-0.25, -0.2) is 4.79 Å². The van der Waals surface area contributed by atoms with E-state index in [2.05, 4.69) is 6.07 Å². The molecule has 0 spiro atoms. The van der Waals surface area contributed by atoms with Gasteiger partial charge in [-0.05, 0) is 24.6 Å². The topological polar surface area (TPSA) is 61.1 Å². The largest absolute Gasteiger partial charge is 0.477 e. The fraction of sp³-hybridized carbons (Fsp3) is 0.0769. The van der Waals surface area contributed by atoms with E-state index < -0.39 is 5.97 Å². The first-order chi connectivity index (χ1) is 8.61. The van der Waals surface area contributed by atoms with Crippen LogP contribution in [-0.4, -0.2) is 11.1 Å². The normalized spacial score (nSPS) is 10.0. The van der Waals surface area contributed by atoms with Gasteiger partial charge in [0.2, 0.25) is 0 Å². The highest BCUT2D eigenvalue weighted by Crippen LogP contribution is 2.35. The lowest BCUT2D eigenvalue weighted by Crippen LogP contribution is -1.90. The Morgan fingerprint density at radius 1 is 1.50 bits per heavy atom. The van der Waals surface area contributed by atoms with E-state index in [0.29, 0.717) is 10.4 Å². The number of hydrogen-bond donors (Lipinski definition) is 1. The smallest absolute Gasteiger partial charge is 0.345 e. The van der Waals surface area contributed by atoms with Crippen LogP contribution in [0, 0.1) is 18.3 Å². The number of carbonyl (C=O) groups is 1. The third-order valence-corrected chi connectivity index (χ3v) is 4.62. The Labute approximate surface area is 113 Å². The summed E-state index contributed by atoms with van der Waals surface area (Å²) in [5.74, 6) is -0.919. The molecule has 0 amide bonds. The summed E-state index contributed by atoms with van der Waals surface area (Å²) in [6.07, 6.45) is 0. The standard InChI is InChI=1S/C13H9NO2S2/c1-8-3-2-4-9(6-14)12(8)18-10-5-11(13(15)16)17-7-10/h2-5,7H,1H3,(H,15,16). The number of aryl methyl sites for hydroxylation is 1. The zero-order valence-corrected chi connectivity index (χ0v) is 11.1. The fourth-order valence-corrected chi connectivity index (χ4v) is 3.36. The quantitative estimate of drug-likeness (QED) is 0.926. The number of aromatic carboxylic acids is 1. The molecule has 0 saturated carbocycles. The molecule has 1 aromatic carbocycles. The second-order valence-corrected chi connectivity index (χ2v) is 5.61. The van der Waals surface area contributed by atoms with Crippen LogP contribution in [0.25, 0.3) is 0 Å². The number of thiophene rings is 1. The van der Waals surface area contributed by atoms with Crippen LogP contribution < -0.4 is 0 Å². The van der Waals surface area contributed by atoms with Crippen LogP contribution in [0.1, 0.15) is 20.8 Å². The Morgan fingerprint density at radius 3 is 2.89 bits per heavy atom. The van der Waals surface area contributed by atoms with E-state index in [1.54, 1.807) is 17.5 Å². The van der Waals surface area contributed by atoms with Crippen molar-refractivity contribution < 1.29 is 9.90 Å². The molecule has 0 atom stereocenters. The van der Waals surface area contributed by atoms with Gasteiger partial charge in [0.25, 0.3) is 0 Å². The van der Waals surface area contributed by atoms with Gasteiger partial charge >= 0.3 is 5.97 Å². The van der Waals surface area contributed by atoms with Crippen molar-refractivity contribution in [2.24, 2.45) is 0 Å². The molecule has 0 radical (unpaired) electrons. The van der Waals surface area contributed by atoms with Crippen molar-refractivity contribution in [1.82, 2.24) is 0 Å². The van der Waals surface area contributed by atoms with E-state index in [4.69, 9.17) is 10.4 Å². The number of hydrogen-bond acceptors (Lipinski definition) is 4. The molecule has 90 valence electrons. The molecule has 0 aliphatic rings. The molecular weight excluding hydrogens is 266 g/mol. The molecule has 5 heteroatoms. The summed E-state index contributed by atoms with van der Waals surface area (Å²) in [7, 11) is 0. The van der Waals surface area contributed by atoms with Crippen molar-refractivity contribution in [1.29, 1.82) is 5.26 Å². The SMILES string of the molecule is Cc1cccc(C#N)c1Sc1csc(C(=O)O)c1. The Kier molecular flexibility index (Phi) is 3.70. The van der Waals surface area contributed by atoms with Gasteiger partial charge in [0.1, 0.15) is 10.9 Å². The lowest BCUT2D eigenvalue weighted by atomic mass is 10.1. The second-order valence-electron chi connectivity index (χ2n) is 3.62. The highest BCUT2D eigenvalue weighted by Gasteiger charge is 2.11. The van der Waals surface area contributed by atoms with Crippen molar-refractivity contribution in [2.45, 2.75) is 16.7 Å². The number of nitriles is 1. The highest BCUT2D eigenvalue weighted by atomic mass is 32.2. The van der Waals surface area contributed by atoms with E-state index in [9.17, 15) is 4.79 Å². The summed E-state index contributed by atoms with van der Waals surface area (Å²) in [6.45, 7) is 1.94. The molecule has 3 nitrogen and oxygen atoms in total. The summed E-state index contributed by atoms with van der Waals surface area (Å²) in [4.78, 5) is 12.8. The predicted octanol–water partition coefficient (Wildman–Crippen LogP) is 3.78. The zero-order chi connectivity index (χ0) is 13.1. The van der Waals surface area contributed by atoms with Gasteiger partial charge < -0.3 is 5.11 Å². The third-order valence-electron chi connectivity index (χ3n) is 2.34. The number of carboxylic acids is 1. The first-order valence-corrected chi connectivity index (χ1v) is 6.81. The minimum Gasteiger partial charge on any atom is -0.477 e. The van der Waals surface area contributed by atoms with Crippen molar-refractivity contribution in [2.75, 3.05) is 0 Å². The molecule has 1 aromatic heterocycles. The maximum Gasteiger partial charge on any atom is 0.345 e. The van der Waals surface area contributed by atoms with E-state index >= 15 is 0 Å². The average molecular weight is 275 g/mol. The van der Waals surface area contributed by atoms with Crippen LogP contribution in [-0.2, 0) is 0 Å². The maximum atomic E-state index is 10.8. The summed E-state index contributed by atoms with van der Waals surface area (Å²) < 4.78 is 0. The lowest BCUT2D eigenvalue weighted by molar-refractivity contribution is 0.0702. The first-order valence-electron chi connectivity index (χ1n) is 5.11. The van der Waals surface area contributed by atoms with Crippen molar-refractivity contribution in [3.8, 4) is 6.07 Å². The number of benzene rings is 1. The van der Waals surface area contributed by atoms with Crippen LogP contribution in [0.15, 0.2) is 39.4 Å². The van der Waals surface area contributed by atoms with E-state index in [0.717, 1.165) is 15.4 Å². The van der Waals surface area contributed by atoms with Gasteiger partial charge in [-0.2, -0.15) is 5.26 Å². The number of rotatable bonds is 3. The van der Waals surface area contributed by atoms with E-state index in [1.165, 1.54) is 23.1 Å². The van der Waals surface area contributed by atoms with Gasteiger partial charge in [-0.3, -0.25) is 0 Å². The Bertz CT molecular complexity index is 641. The van der Waals surface area contributed by atoms with Crippen molar-refractivity contribution >= 4 is 29.1 Å². The fourth-order valence-electron chi connectivity index (χ4n) is 1.48.